The summed E-state index contributed by atoms with van der Waals surface area (Å²) in [6.45, 7) is 1.14. The fourth-order valence-electron chi connectivity index (χ4n) is 3.19. The quantitative estimate of drug-likeness (QED) is 0.445. The van der Waals surface area contributed by atoms with Gasteiger partial charge in [-0.3, -0.25) is 14.9 Å². The molecule has 122 valence electrons. The molecule has 2 aromatic heterocycles. The van der Waals surface area contributed by atoms with Crippen LogP contribution in [-0.4, -0.2) is 21.8 Å². The summed E-state index contributed by atoms with van der Waals surface area (Å²) in [5, 5.41) is 16.4. The van der Waals surface area contributed by atoms with E-state index in [-0.39, 0.29) is 27.9 Å². The lowest BCUT2D eigenvalue weighted by atomic mass is 10.1. The monoisotopic (exact) mass is 345 g/mol. The number of ketones is 1. The number of hydrogen-bond donors (Lipinski definition) is 1. The predicted octanol–water partition coefficient (Wildman–Crippen LogP) is 3.80. The molecular weight excluding hydrogens is 333 g/mol. The van der Waals surface area contributed by atoms with E-state index in [0.29, 0.717) is 23.8 Å². The molecule has 0 bridgehead atoms. The zero-order valence-electron chi connectivity index (χ0n) is 12.4. The molecule has 1 aromatic carbocycles. The second kappa shape index (κ2) is 5.41. The minimum absolute atomic E-state index is 0.0720. The van der Waals surface area contributed by atoms with Crippen LogP contribution in [0.4, 0.5) is 15.9 Å². The average Bonchev–Trinajstić information content (AvgIpc) is 3.21. The molecular formula is C16H12FN3O3S. The Morgan fingerprint density at radius 2 is 2.21 bits per heavy atom. The molecule has 0 amide bonds. The maximum atomic E-state index is 14.5. The fourth-order valence-corrected chi connectivity index (χ4v) is 3.86. The highest BCUT2D eigenvalue weighted by Crippen LogP contribution is 2.40. The molecule has 0 saturated heterocycles. The van der Waals surface area contributed by atoms with Crippen molar-refractivity contribution in [2.24, 2.45) is 0 Å². The van der Waals surface area contributed by atoms with Crippen molar-refractivity contribution in [3.8, 4) is 0 Å². The Bertz CT molecular complexity index is 979. The third-order valence-electron chi connectivity index (χ3n) is 4.15. The molecule has 3 heterocycles. The zero-order chi connectivity index (χ0) is 16.8. The first-order chi connectivity index (χ1) is 11.6. The number of thiophene rings is 1. The molecule has 1 aliphatic heterocycles. The number of hydrogen-bond acceptors (Lipinski definition) is 5. The van der Waals surface area contributed by atoms with Gasteiger partial charge in [0, 0.05) is 19.2 Å². The third kappa shape index (κ3) is 2.03. The molecule has 0 aliphatic carbocycles. The number of aromatic nitrogens is 1. The number of benzene rings is 1. The van der Waals surface area contributed by atoms with Crippen molar-refractivity contribution in [1.29, 1.82) is 0 Å². The number of fused-ring (bicyclic) bond motifs is 3. The minimum Gasteiger partial charge on any atom is -0.371 e. The summed E-state index contributed by atoms with van der Waals surface area (Å²) in [6.07, 6.45) is 0.756. The van der Waals surface area contributed by atoms with Crippen molar-refractivity contribution < 1.29 is 14.1 Å². The molecule has 0 atom stereocenters. The van der Waals surface area contributed by atoms with E-state index in [0.717, 1.165) is 18.6 Å². The summed E-state index contributed by atoms with van der Waals surface area (Å²) in [6, 6.07) is 5.61. The van der Waals surface area contributed by atoms with Gasteiger partial charge in [-0.25, -0.2) is 4.39 Å². The first-order valence-electron chi connectivity index (χ1n) is 7.40. The number of nitro groups is 1. The molecule has 6 nitrogen and oxygen atoms in total. The Kier molecular flexibility index (Phi) is 3.34. The van der Waals surface area contributed by atoms with Gasteiger partial charge in [0.25, 0.3) is 5.69 Å². The van der Waals surface area contributed by atoms with Gasteiger partial charge >= 0.3 is 0 Å². The SMILES string of the molecule is O=C(c1cccs1)c1c2n(c3c(F)ccc([N+](=O)[O-])c13)CCCN2. The van der Waals surface area contributed by atoms with Crippen molar-refractivity contribution in [3.63, 3.8) is 0 Å². The van der Waals surface area contributed by atoms with Crippen molar-refractivity contribution in [2.75, 3.05) is 11.9 Å². The van der Waals surface area contributed by atoms with Gasteiger partial charge in [-0.2, -0.15) is 0 Å². The molecule has 0 radical (unpaired) electrons. The predicted molar refractivity (Wildman–Crippen MR) is 89.4 cm³/mol. The highest BCUT2D eigenvalue weighted by atomic mass is 32.1. The van der Waals surface area contributed by atoms with Crippen LogP contribution in [0.5, 0.6) is 0 Å². The maximum absolute atomic E-state index is 14.5. The van der Waals surface area contributed by atoms with Crippen molar-refractivity contribution >= 4 is 39.5 Å². The van der Waals surface area contributed by atoms with Gasteiger partial charge in [0.05, 0.1) is 26.3 Å². The Hall–Kier alpha value is -2.74. The maximum Gasteiger partial charge on any atom is 0.279 e. The van der Waals surface area contributed by atoms with Crippen LogP contribution < -0.4 is 5.32 Å². The molecule has 0 fully saturated rings. The molecule has 8 heteroatoms. The Balaban J connectivity index is 2.13. The number of anilines is 1. The first-order valence-corrected chi connectivity index (χ1v) is 8.28. The highest BCUT2D eigenvalue weighted by molar-refractivity contribution is 7.12. The van der Waals surface area contributed by atoms with Gasteiger partial charge < -0.3 is 9.88 Å². The van der Waals surface area contributed by atoms with Crippen LogP contribution in [-0.2, 0) is 6.54 Å². The van der Waals surface area contributed by atoms with Crippen LogP contribution in [0.25, 0.3) is 10.9 Å². The summed E-state index contributed by atoms with van der Waals surface area (Å²) in [5.41, 5.74) is 0.0414. The second-order valence-electron chi connectivity index (χ2n) is 5.51. The van der Waals surface area contributed by atoms with Crippen molar-refractivity contribution in [2.45, 2.75) is 13.0 Å². The molecule has 1 aliphatic rings. The van der Waals surface area contributed by atoms with Gasteiger partial charge in [-0.15, -0.1) is 11.3 Å². The lowest BCUT2D eigenvalue weighted by Gasteiger charge is -2.19. The van der Waals surface area contributed by atoms with Gasteiger partial charge in [0.1, 0.15) is 11.6 Å². The highest BCUT2D eigenvalue weighted by Gasteiger charge is 2.32. The van der Waals surface area contributed by atoms with Gasteiger partial charge in [-0.1, -0.05) is 6.07 Å². The van der Waals surface area contributed by atoms with Crippen LogP contribution in [0.2, 0.25) is 0 Å². The Morgan fingerprint density at radius 1 is 1.38 bits per heavy atom. The molecule has 4 rings (SSSR count). The number of nitrogens with one attached hydrogen (secondary N) is 1. The smallest absolute Gasteiger partial charge is 0.279 e. The minimum atomic E-state index is -0.570. The van der Waals surface area contributed by atoms with Crippen molar-refractivity contribution in [1.82, 2.24) is 4.57 Å². The third-order valence-corrected chi connectivity index (χ3v) is 5.02. The van der Waals surface area contributed by atoms with E-state index in [4.69, 9.17) is 0 Å². The lowest BCUT2D eigenvalue weighted by molar-refractivity contribution is -0.383. The number of carbonyl (C=O) groups is 1. The lowest BCUT2D eigenvalue weighted by Crippen LogP contribution is -2.18. The molecule has 0 spiro atoms. The summed E-state index contributed by atoms with van der Waals surface area (Å²) in [7, 11) is 0. The van der Waals surface area contributed by atoms with E-state index >= 15 is 0 Å². The van der Waals surface area contributed by atoms with Crippen LogP contribution >= 0.6 is 11.3 Å². The second-order valence-corrected chi connectivity index (χ2v) is 6.46. The number of non-ortho nitro benzene ring substituents is 1. The standard InChI is InChI=1S/C16H12FN3O3S/c17-9-4-5-10(20(22)23)12-13(15(21)11-3-1-8-24-11)16-18-6-2-7-19(16)14(9)12/h1,3-5,8,18H,2,6-7H2. The summed E-state index contributed by atoms with van der Waals surface area (Å²) in [5.74, 6) is -0.430. The van der Waals surface area contributed by atoms with Crippen LogP contribution in [0.15, 0.2) is 29.6 Å². The normalized spacial score (nSPS) is 13.5. The van der Waals surface area contributed by atoms with Gasteiger partial charge in [-0.05, 0) is 23.9 Å². The first kappa shape index (κ1) is 14.8. The molecule has 24 heavy (non-hydrogen) atoms. The number of nitro benzene ring substituents is 1. The number of carbonyl (C=O) groups excluding carboxylic acids is 1. The zero-order valence-corrected chi connectivity index (χ0v) is 13.2. The largest absolute Gasteiger partial charge is 0.371 e. The van der Waals surface area contributed by atoms with Crippen LogP contribution in [0.3, 0.4) is 0 Å². The van der Waals surface area contributed by atoms with E-state index in [9.17, 15) is 19.3 Å². The molecule has 0 unspecified atom stereocenters. The van der Waals surface area contributed by atoms with Gasteiger partial charge in [0.15, 0.2) is 0 Å². The molecule has 0 saturated carbocycles. The summed E-state index contributed by atoms with van der Waals surface area (Å²) in [4.78, 5) is 24.3. The summed E-state index contributed by atoms with van der Waals surface area (Å²) < 4.78 is 16.1. The Morgan fingerprint density at radius 3 is 2.92 bits per heavy atom. The molecule has 1 N–H and O–H groups in total. The fraction of sp³-hybridized carbons (Fsp3) is 0.188. The van der Waals surface area contributed by atoms with Gasteiger partial charge in [0.2, 0.25) is 5.78 Å². The van der Waals surface area contributed by atoms with E-state index in [1.54, 1.807) is 22.1 Å². The topological polar surface area (TPSA) is 77.2 Å². The van der Waals surface area contributed by atoms with Crippen LogP contribution in [0.1, 0.15) is 21.7 Å². The average molecular weight is 345 g/mol. The summed E-state index contributed by atoms with van der Waals surface area (Å²) >= 11 is 1.26. The van der Waals surface area contributed by atoms with E-state index in [1.165, 1.54) is 11.3 Å². The van der Waals surface area contributed by atoms with Crippen molar-refractivity contribution in [3.05, 3.63) is 56.0 Å². The Labute approximate surface area is 139 Å². The van der Waals surface area contributed by atoms with E-state index in [2.05, 4.69) is 5.32 Å². The number of halogens is 1. The molecule has 3 aromatic rings. The number of aryl methyl sites for hydroxylation is 1. The van der Waals surface area contributed by atoms with E-state index in [1.807, 2.05) is 0 Å². The van der Waals surface area contributed by atoms with Crippen LogP contribution in [0, 0.1) is 15.9 Å². The number of rotatable bonds is 3. The van der Waals surface area contributed by atoms with E-state index < -0.39 is 10.7 Å². The number of nitrogens with zero attached hydrogens (tertiary/aromatic N) is 2.